The summed E-state index contributed by atoms with van der Waals surface area (Å²) in [7, 11) is 0. The van der Waals surface area contributed by atoms with Gasteiger partial charge in [-0.1, -0.05) is 63.8 Å². The average molecular weight is 397 g/mol. The first kappa shape index (κ1) is 21.5. The summed E-state index contributed by atoms with van der Waals surface area (Å²) in [4.78, 5) is 12.5. The van der Waals surface area contributed by atoms with E-state index in [2.05, 4.69) is 13.8 Å². The zero-order valence-electron chi connectivity index (χ0n) is 17.8. The van der Waals surface area contributed by atoms with Crippen LogP contribution in [0.1, 0.15) is 81.1 Å². The second-order valence-corrected chi connectivity index (χ2v) is 8.33. The molecular weight excluding hydrogens is 363 g/mol. The van der Waals surface area contributed by atoms with Crippen molar-refractivity contribution in [3.05, 3.63) is 59.4 Å². The minimum Gasteiger partial charge on any atom is -0.459 e. The minimum absolute atomic E-state index is 0.0311. The lowest BCUT2D eigenvalue weighted by atomic mass is 9.84. The molecule has 0 N–H and O–H groups in total. The van der Waals surface area contributed by atoms with Gasteiger partial charge in [-0.15, -0.1) is 0 Å². The number of hydrogen-bond acceptors (Lipinski definition) is 2. The van der Waals surface area contributed by atoms with Crippen LogP contribution in [0.15, 0.2) is 42.5 Å². The maximum absolute atomic E-state index is 14.4. The van der Waals surface area contributed by atoms with Crippen molar-refractivity contribution in [3.63, 3.8) is 0 Å². The summed E-state index contributed by atoms with van der Waals surface area (Å²) >= 11 is 0. The molecule has 0 radical (unpaired) electrons. The molecule has 0 bridgehead atoms. The van der Waals surface area contributed by atoms with E-state index in [0.29, 0.717) is 11.1 Å². The highest BCUT2D eigenvalue weighted by Crippen LogP contribution is 2.30. The van der Waals surface area contributed by atoms with Gasteiger partial charge in [-0.2, -0.15) is 0 Å². The summed E-state index contributed by atoms with van der Waals surface area (Å²) in [6, 6.07) is 12.5. The molecule has 156 valence electrons. The van der Waals surface area contributed by atoms with E-state index >= 15 is 0 Å². The minimum atomic E-state index is -0.271. The van der Waals surface area contributed by atoms with Gasteiger partial charge in [0.2, 0.25) is 0 Å². The number of rotatable bonds is 8. The number of carbonyl (C=O) groups excluding carboxylic acids is 1. The van der Waals surface area contributed by atoms with Crippen LogP contribution < -0.4 is 0 Å². The molecule has 2 aromatic carbocycles. The molecule has 0 aromatic heterocycles. The number of unbranched alkanes of at least 4 members (excludes halogenated alkanes) is 1. The fourth-order valence-corrected chi connectivity index (χ4v) is 4.27. The topological polar surface area (TPSA) is 26.3 Å². The smallest absolute Gasteiger partial charge is 0.338 e. The monoisotopic (exact) mass is 396 g/mol. The molecule has 1 aliphatic rings. The normalized spacial score (nSPS) is 19.1. The Kier molecular flexibility index (Phi) is 7.85. The molecule has 0 spiro atoms. The Morgan fingerprint density at radius 1 is 1.00 bits per heavy atom. The highest BCUT2D eigenvalue weighted by molar-refractivity contribution is 5.90. The zero-order chi connectivity index (χ0) is 20.6. The highest BCUT2D eigenvalue weighted by atomic mass is 19.1. The van der Waals surface area contributed by atoms with E-state index in [9.17, 15) is 9.18 Å². The predicted molar refractivity (Wildman–Crippen MR) is 117 cm³/mol. The Bertz CT molecular complexity index is 789. The quantitative estimate of drug-likeness (QED) is 0.436. The summed E-state index contributed by atoms with van der Waals surface area (Å²) in [5.74, 6) is 0.307. The van der Waals surface area contributed by atoms with Gasteiger partial charge in [-0.3, -0.25) is 0 Å². The fraction of sp³-hybridized carbons (Fsp3) is 0.500. The Hall–Kier alpha value is -2.16. The fourth-order valence-electron chi connectivity index (χ4n) is 4.27. The lowest BCUT2D eigenvalue weighted by Crippen LogP contribution is -2.24. The molecule has 29 heavy (non-hydrogen) atoms. The standard InChI is InChI=1S/C26H33FO2/c1-3-5-7-19-8-15-23(16-9-19)29-26(28)22-13-11-21(12-14-22)24-17-10-20(6-4-2)18-25(24)27/h10-14,17-19,23H,3-9,15-16H2,1-2H3/t19-,23-. The number of carbonyl (C=O) groups is 1. The van der Waals surface area contributed by atoms with Crippen molar-refractivity contribution in [2.75, 3.05) is 0 Å². The molecule has 0 amide bonds. The first-order valence-corrected chi connectivity index (χ1v) is 11.2. The van der Waals surface area contributed by atoms with Gasteiger partial charge in [0.05, 0.1) is 5.56 Å². The van der Waals surface area contributed by atoms with Gasteiger partial charge in [0, 0.05) is 5.56 Å². The van der Waals surface area contributed by atoms with Crippen molar-refractivity contribution in [2.24, 2.45) is 5.92 Å². The van der Waals surface area contributed by atoms with Crippen LogP contribution in [0.5, 0.6) is 0 Å². The molecule has 2 aromatic rings. The Morgan fingerprint density at radius 3 is 2.34 bits per heavy atom. The highest BCUT2D eigenvalue weighted by Gasteiger charge is 2.24. The Morgan fingerprint density at radius 2 is 1.72 bits per heavy atom. The SMILES string of the molecule is CCCC[C@H]1CC[C@H](OC(=O)c2ccc(-c3ccc(CCC)cc3F)cc2)CC1. The van der Waals surface area contributed by atoms with Crippen molar-refractivity contribution < 1.29 is 13.9 Å². The molecule has 3 rings (SSSR count). The van der Waals surface area contributed by atoms with Gasteiger partial charge in [0.15, 0.2) is 0 Å². The van der Waals surface area contributed by atoms with Crippen LogP contribution in [0, 0.1) is 11.7 Å². The van der Waals surface area contributed by atoms with Crippen molar-refractivity contribution in [2.45, 2.75) is 77.7 Å². The molecule has 1 fully saturated rings. The van der Waals surface area contributed by atoms with Crippen LogP contribution >= 0.6 is 0 Å². The second kappa shape index (κ2) is 10.6. The molecule has 0 saturated heterocycles. The number of ether oxygens (including phenoxy) is 1. The first-order valence-electron chi connectivity index (χ1n) is 11.2. The summed E-state index contributed by atoms with van der Waals surface area (Å²) in [5, 5.41) is 0. The third kappa shape index (κ3) is 5.91. The van der Waals surface area contributed by atoms with Gasteiger partial charge in [-0.25, -0.2) is 9.18 Å². The molecule has 0 heterocycles. The molecule has 1 aliphatic carbocycles. The molecule has 0 unspecified atom stereocenters. The number of halogens is 1. The van der Waals surface area contributed by atoms with E-state index in [4.69, 9.17) is 4.74 Å². The van der Waals surface area contributed by atoms with Crippen molar-refractivity contribution in [1.29, 1.82) is 0 Å². The van der Waals surface area contributed by atoms with Gasteiger partial charge >= 0.3 is 5.97 Å². The third-order valence-corrected chi connectivity index (χ3v) is 6.04. The van der Waals surface area contributed by atoms with Gasteiger partial charge in [-0.05, 0) is 67.3 Å². The van der Waals surface area contributed by atoms with Crippen molar-refractivity contribution >= 4 is 5.97 Å². The number of esters is 1. The largest absolute Gasteiger partial charge is 0.459 e. The summed E-state index contributed by atoms with van der Waals surface area (Å²) in [5.41, 5.74) is 2.89. The van der Waals surface area contributed by atoms with E-state index < -0.39 is 0 Å². The van der Waals surface area contributed by atoms with Crippen molar-refractivity contribution in [3.8, 4) is 11.1 Å². The van der Waals surface area contributed by atoms with Crippen LogP contribution in [0.2, 0.25) is 0 Å². The zero-order valence-corrected chi connectivity index (χ0v) is 17.8. The Balaban J connectivity index is 1.57. The number of benzene rings is 2. The molecule has 0 aliphatic heterocycles. The molecule has 2 nitrogen and oxygen atoms in total. The maximum atomic E-state index is 14.4. The summed E-state index contributed by atoms with van der Waals surface area (Å²) < 4.78 is 20.2. The lowest BCUT2D eigenvalue weighted by molar-refractivity contribution is 0.0161. The number of aryl methyl sites for hydroxylation is 1. The first-order chi connectivity index (χ1) is 14.1. The molecule has 3 heteroatoms. The predicted octanol–water partition coefficient (Wildman–Crippen LogP) is 7.35. The maximum Gasteiger partial charge on any atom is 0.338 e. The Labute approximate surface area is 174 Å². The van der Waals surface area contributed by atoms with E-state index in [-0.39, 0.29) is 17.9 Å². The van der Waals surface area contributed by atoms with E-state index in [1.165, 1.54) is 19.3 Å². The number of hydrogen-bond donors (Lipinski definition) is 0. The molecule has 1 saturated carbocycles. The van der Waals surface area contributed by atoms with Crippen molar-refractivity contribution in [1.82, 2.24) is 0 Å². The summed E-state index contributed by atoms with van der Waals surface area (Å²) in [6.45, 7) is 4.32. The van der Waals surface area contributed by atoms with E-state index in [1.807, 2.05) is 12.1 Å². The molecular formula is C26H33FO2. The van der Waals surface area contributed by atoms with E-state index in [1.54, 1.807) is 30.3 Å². The second-order valence-electron chi connectivity index (χ2n) is 8.33. The molecule has 0 atom stereocenters. The summed E-state index contributed by atoms with van der Waals surface area (Å²) in [6.07, 6.45) is 9.99. The van der Waals surface area contributed by atoms with E-state index in [0.717, 1.165) is 55.6 Å². The van der Waals surface area contributed by atoms with Gasteiger partial charge in [0.25, 0.3) is 0 Å². The third-order valence-electron chi connectivity index (χ3n) is 6.04. The van der Waals surface area contributed by atoms with Gasteiger partial charge < -0.3 is 4.74 Å². The average Bonchev–Trinajstić information content (AvgIpc) is 2.74. The van der Waals surface area contributed by atoms with Crippen LogP contribution in [-0.4, -0.2) is 12.1 Å². The van der Waals surface area contributed by atoms with Crippen LogP contribution in [-0.2, 0) is 11.2 Å². The van der Waals surface area contributed by atoms with Gasteiger partial charge in [0.1, 0.15) is 11.9 Å². The van der Waals surface area contributed by atoms with Crippen LogP contribution in [0.3, 0.4) is 0 Å². The lowest BCUT2D eigenvalue weighted by Gasteiger charge is -2.28. The van der Waals surface area contributed by atoms with Crippen LogP contribution in [0.4, 0.5) is 4.39 Å². The van der Waals surface area contributed by atoms with Crippen LogP contribution in [0.25, 0.3) is 11.1 Å².